The van der Waals surface area contributed by atoms with E-state index in [1.165, 1.54) is 22.3 Å². The molecular formula is C26H21NO2. The molecule has 3 heteroatoms. The molecule has 4 aliphatic rings. The van der Waals surface area contributed by atoms with E-state index in [0.717, 1.165) is 29.7 Å². The molecule has 0 aromatic heterocycles. The van der Waals surface area contributed by atoms with Gasteiger partial charge in [-0.2, -0.15) is 0 Å². The Morgan fingerprint density at radius 1 is 0.828 bits per heavy atom. The Bertz CT molecular complexity index is 1130. The number of carbonyl (C=O) groups excluding carboxylic acids is 2. The number of anilines is 1. The lowest BCUT2D eigenvalue weighted by atomic mass is 9.59. The Morgan fingerprint density at radius 3 is 2.17 bits per heavy atom. The lowest BCUT2D eigenvalue weighted by molar-refractivity contribution is -0.121. The number of Topliss-reactive ketones (excluding diaryl/α,β-unsaturated/α-hetero) is 1. The minimum absolute atomic E-state index is 0.0771. The molecule has 2 bridgehead atoms. The second kappa shape index (κ2) is 6.15. The number of rotatable bonds is 2. The highest BCUT2D eigenvalue weighted by atomic mass is 16.2. The maximum atomic E-state index is 13.4. The van der Waals surface area contributed by atoms with Crippen molar-refractivity contribution in [3.05, 3.63) is 100 Å². The maximum Gasteiger partial charge on any atom is 0.228 e. The summed E-state index contributed by atoms with van der Waals surface area (Å²) >= 11 is 0. The van der Waals surface area contributed by atoms with Crippen LogP contribution in [0.3, 0.4) is 0 Å². The third kappa shape index (κ3) is 2.43. The van der Waals surface area contributed by atoms with Gasteiger partial charge in [-0.15, -0.1) is 0 Å². The molecule has 0 heterocycles. The zero-order valence-electron chi connectivity index (χ0n) is 16.0. The Morgan fingerprint density at radius 2 is 1.48 bits per heavy atom. The summed E-state index contributed by atoms with van der Waals surface area (Å²) in [6.07, 6.45) is 2.19. The fraction of sp³-hybridized carbons (Fsp3) is 0.231. The first kappa shape index (κ1) is 16.7. The SMILES string of the molecule is O=C1CCc2cc(NC(=O)C3CC4c5ccccc5C3c3ccccc34)ccc21. The van der Waals surface area contributed by atoms with E-state index in [1.807, 2.05) is 18.2 Å². The van der Waals surface area contributed by atoms with Crippen LogP contribution in [0.2, 0.25) is 0 Å². The molecule has 3 nitrogen and oxygen atoms in total. The number of ketones is 1. The molecule has 4 aliphatic carbocycles. The van der Waals surface area contributed by atoms with Crippen molar-refractivity contribution in [2.24, 2.45) is 5.92 Å². The number of fused-ring (bicyclic) bond motifs is 2. The average Bonchev–Trinajstić information content (AvgIpc) is 3.14. The molecule has 0 aliphatic heterocycles. The van der Waals surface area contributed by atoms with Crippen LogP contribution in [0.4, 0.5) is 5.69 Å². The smallest absolute Gasteiger partial charge is 0.228 e. The highest BCUT2D eigenvalue weighted by Gasteiger charge is 2.45. The predicted molar refractivity (Wildman–Crippen MR) is 112 cm³/mol. The van der Waals surface area contributed by atoms with Crippen LogP contribution in [-0.4, -0.2) is 11.7 Å². The second-order valence-electron chi connectivity index (χ2n) is 8.41. The van der Waals surface area contributed by atoms with Gasteiger partial charge in [0.25, 0.3) is 0 Å². The van der Waals surface area contributed by atoms with Crippen molar-refractivity contribution in [1.29, 1.82) is 0 Å². The maximum absolute atomic E-state index is 13.4. The van der Waals surface area contributed by atoms with Crippen molar-refractivity contribution in [3.8, 4) is 0 Å². The Kier molecular flexibility index (Phi) is 3.55. The first-order valence-electron chi connectivity index (χ1n) is 10.4. The lowest BCUT2D eigenvalue weighted by Gasteiger charge is -2.44. The van der Waals surface area contributed by atoms with Crippen LogP contribution < -0.4 is 5.32 Å². The van der Waals surface area contributed by atoms with E-state index in [9.17, 15) is 9.59 Å². The van der Waals surface area contributed by atoms with Gasteiger partial charge in [-0.05, 0) is 58.9 Å². The van der Waals surface area contributed by atoms with E-state index >= 15 is 0 Å². The molecule has 1 atom stereocenters. The quantitative estimate of drug-likeness (QED) is 0.677. The molecule has 142 valence electrons. The first-order valence-corrected chi connectivity index (χ1v) is 10.4. The number of hydrogen-bond acceptors (Lipinski definition) is 2. The summed E-state index contributed by atoms with van der Waals surface area (Å²) in [5.74, 6) is 0.577. The molecule has 0 saturated carbocycles. The number of carbonyl (C=O) groups is 2. The van der Waals surface area contributed by atoms with Crippen molar-refractivity contribution in [3.63, 3.8) is 0 Å². The topological polar surface area (TPSA) is 46.2 Å². The van der Waals surface area contributed by atoms with Crippen LogP contribution in [-0.2, 0) is 11.2 Å². The number of hydrogen-bond donors (Lipinski definition) is 1. The van der Waals surface area contributed by atoms with Crippen molar-refractivity contribution in [2.75, 3.05) is 5.32 Å². The normalized spacial score (nSPS) is 23.3. The standard InChI is InChI=1S/C26H21NO2/c28-24-12-9-15-13-16(10-11-17(15)24)27-26(29)23-14-22-18-5-1-3-7-20(18)25(23)21-8-4-2-6-19(21)22/h1-8,10-11,13,22-23,25H,9,12,14H2,(H,27,29). The largest absolute Gasteiger partial charge is 0.326 e. The molecule has 3 aromatic rings. The number of aryl methyl sites for hydroxylation is 1. The highest BCUT2D eigenvalue weighted by molar-refractivity contribution is 6.01. The summed E-state index contributed by atoms with van der Waals surface area (Å²) in [5, 5.41) is 3.15. The molecule has 0 fully saturated rings. The van der Waals surface area contributed by atoms with Gasteiger partial charge in [-0.1, -0.05) is 48.5 Å². The molecule has 1 N–H and O–H groups in total. The summed E-state index contributed by atoms with van der Waals surface area (Å²) in [4.78, 5) is 25.2. The molecule has 7 rings (SSSR count). The van der Waals surface area contributed by atoms with E-state index in [2.05, 4.69) is 53.8 Å². The zero-order valence-corrected chi connectivity index (χ0v) is 16.0. The fourth-order valence-corrected chi connectivity index (χ4v) is 5.66. The van der Waals surface area contributed by atoms with Crippen LogP contribution in [0, 0.1) is 5.92 Å². The van der Waals surface area contributed by atoms with Gasteiger partial charge in [0.1, 0.15) is 0 Å². The summed E-state index contributed by atoms with van der Waals surface area (Å²) in [7, 11) is 0. The van der Waals surface area contributed by atoms with Crippen LogP contribution in [0.5, 0.6) is 0 Å². The molecule has 0 spiro atoms. The van der Waals surface area contributed by atoms with Gasteiger partial charge in [0.2, 0.25) is 5.91 Å². The molecular weight excluding hydrogens is 358 g/mol. The van der Waals surface area contributed by atoms with E-state index < -0.39 is 0 Å². The fourth-order valence-electron chi connectivity index (χ4n) is 5.66. The van der Waals surface area contributed by atoms with E-state index in [-0.39, 0.29) is 29.4 Å². The van der Waals surface area contributed by atoms with Crippen LogP contribution in [0.1, 0.15) is 62.9 Å². The summed E-state index contributed by atoms with van der Waals surface area (Å²) < 4.78 is 0. The predicted octanol–water partition coefficient (Wildman–Crippen LogP) is 5.05. The highest BCUT2D eigenvalue weighted by Crippen LogP contribution is 2.55. The van der Waals surface area contributed by atoms with Gasteiger partial charge in [-0.25, -0.2) is 0 Å². The first-order chi connectivity index (χ1) is 14.2. The third-order valence-corrected chi connectivity index (χ3v) is 6.94. The van der Waals surface area contributed by atoms with Gasteiger partial charge < -0.3 is 5.32 Å². The van der Waals surface area contributed by atoms with Gasteiger partial charge in [0.15, 0.2) is 5.78 Å². The van der Waals surface area contributed by atoms with E-state index in [4.69, 9.17) is 0 Å². The Balaban J connectivity index is 1.35. The van der Waals surface area contributed by atoms with Gasteiger partial charge in [0.05, 0.1) is 5.92 Å². The van der Waals surface area contributed by atoms with Crippen LogP contribution >= 0.6 is 0 Å². The van der Waals surface area contributed by atoms with Gasteiger partial charge in [0, 0.05) is 29.5 Å². The third-order valence-electron chi connectivity index (χ3n) is 6.94. The van der Waals surface area contributed by atoms with Crippen molar-refractivity contribution >= 4 is 17.4 Å². The van der Waals surface area contributed by atoms with E-state index in [0.29, 0.717) is 6.42 Å². The minimum Gasteiger partial charge on any atom is -0.326 e. The average molecular weight is 379 g/mol. The number of amides is 1. The summed E-state index contributed by atoms with van der Waals surface area (Å²) in [6, 6.07) is 22.9. The van der Waals surface area contributed by atoms with Crippen molar-refractivity contribution < 1.29 is 9.59 Å². The summed E-state index contributed by atoms with van der Waals surface area (Å²) in [5.41, 5.74) is 7.99. The molecule has 29 heavy (non-hydrogen) atoms. The number of nitrogens with one attached hydrogen (secondary N) is 1. The van der Waals surface area contributed by atoms with Gasteiger partial charge >= 0.3 is 0 Å². The Labute approximate surface area is 169 Å². The molecule has 0 radical (unpaired) electrons. The monoisotopic (exact) mass is 379 g/mol. The van der Waals surface area contributed by atoms with Crippen LogP contribution in [0.25, 0.3) is 0 Å². The van der Waals surface area contributed by atoms with Gasteiger partial charge in [-0.3, -0.25) is 9.59 Å². The van der Waals surface area contributed by atoms with E-state index in [1.54, 1.807) is 0 Å². The second-order valence-corrected chi connectivity index (χ2v) is 8.41. The Hall–Kier alpha value is -3.20. The number of benzene rings is 3. The molecule has 3 aromatic carbocycles. The van der Waals surface area contributed by atoms with Crippen LogP contribution in [0.15, 0.2) is 66.7 Å². The van der Waals surface area contributed by atoms with Crippen molar-refractivity contribution in [1.82, 2.24) is 0 Å². The zero-order chi connectivity index (χ0) is 19.5. The molecule has 1 unspecified atom stereocenters. The minimum atomic E-state index is -0.0836. The molecule has 0 saturated heterocycles. The summed E-state index contributed by atoms with van der Waals surface area (Å²) in [6.45, 7) is 0. The molecule has 1 amide bonds. The van der Waals surface area contributed by atoms with Crippen molar-refractivity contribution in [2.45, 2.75) is 31.1 Å². The lowest BCUT2D eigenvalue weighted by Crippen LogP contribution is -2.38.